The van der Waals surface area contributed by atoms with Crippen LogP contribution in [0.25, 0.3) is 10.9 Å². The zero-order chi connectivity index (χ0) is 18.5. The van der Waals surface area contributed by atoms with Gasteiger partial charge in [-0.25, -0.2) is 8.78 Å². The fourth-order valence-corrected chi connectivity index (χ4v) is 4.07. The maximum atomic E-state index is 13.2. The first-order valence-electron chi connectivity index (χ1n) is 7.65. The predicted octanol–water partition coefficient (Wildman–Crippen LogP) is 4.27. The molecule has 0 radical (unpaired) electrons. The maximum Gasteiger partial charge on any atom is 0.295 e. The van der Waals surface area contributed by atoms with Crippen molar-refractivity contribution in [3.63, 3.8) is 0 Å². The normalized spacial score (nSPS) is 15.5. The number of alkyl halides is 2. The van der Waals surface area contributed by atoms with Gasteiger partial charge in [-0.3, -0.25) is 4.72 Å². The van der Waals surface area contributed by atoms with E-state index in [2.05, 4.69) is 9.71 Å². The van der Waals surface area contributed by atoms with E-state index < -0.39 is 16.4 Å². The number of aromatic nitrogens is 1. The van der Waals surface area contributed by atoms with Crippen molar-refractivity contribution in [1.29, 1.82) is 0 Å². The average molecular weight is 403 g/mol. The number of sulfonamides is 1. The van der Waals surface area contributed by atoms with Gasteiger partial charge in [0.05, 0.1) is 35.4 Å². The number of H-pyrrole nitrogens is 1. The first-order chi connectivity index (χ1) is 12.4. The molecule has 6 nitrogen and oxygen atoms in total. The monoisotopic (exact) mass is 402 g/mol. The van der Waals surface area contributed by atoms with E-state index in [1.807, 2.05) is 0 Å². The number of fused-ring (bicyclic) bond motifs is 1. The van der Waals surface area contributed by atoms with E-state index in [0.717, 1.165) is 6.07 Å². The minimum Gasteiger partial charge on any atom is -0.447 e. The second-order valence-corrected chi connectivity index (χ2v) is 7.91. The molecule has 1 aromatic carbocycles. The van der Waals surface area contributed by atoms with Gasteiger partial charge in [-0.05, 0) is 18.2 Å². The highest BCUT2D eigenvalue weighted by molar-refractivity contribution is 7.92. The molecule has 1 fully saturated rings. The summed E-state index contributed by atoms with van der Waals surface area (Å²) >= 11 is 5.97. The zero-order valence-electron chi connectivity index (χ0n) is 13.1. The summed E-state index contributed by atoms with van der Waals surface area (Å²) in [6.45, 7) is 0.967. The molecule has 0 amide bonds. The largest absolute Gasteiger partial charge is 0.447 e. The van der Waals surface area contributed by atoms with Crippen LogP contribution in [-0.2, 0) is 14.8 Å². The molecule has 0 atom stereocenters. The molecular formula is C16H13ClF2N2O4S. The standard InChI is InChI=1S/C16H13ClF2N2O4S/c17-10-5-20-15-11(2-1-9(14(10)15)16(18)19)21-26(22,23)13-4-3-12(25-13)8-6-24-7-8/h1-5,8,16,20-21H,6-7H2. The average Bonchev–Trinajstić information content (AvgIpc) is 3.14. The Bertz CT molecular complexity index is 1070. The number of hydrogen-bond acceptors (Lipinski definition) is 4. The number of anilines is 1. The van der Waals surface area contributed by atoms with Gasteiger partial charge in [0, 0.05) is 17.1 Å². The summed E-state index contributed by atoms with van der Waals surface area (Å²) in [7, 11) is -4.03. The molecule has 0 bridgehead atoms. The topological polar surface area (TPSA) is 84.3 Å². The number of rotatable bonds is 5. The minimum absolute atomic E-state index is 0.0400. The lowest BCUT2D eigenvalue weighted by Crippen LogP contribution is -2.24. The molecule has 1 aliphatic heterocycles. The number of nitrogens with one attached hydrogen (secondary N) is 2. The van der Waals surface area contributed by atoms with Gasteiger partial charge in [-0.15, -0.1) is 0 Å². The highest BCUT2D eigenvalue weighted by atomic mass is 35.5. The van der Waals surface area contributed by atoms with Crippen molar-refractivity contribution in [2.24, 2.45) is 0 Å². The lowest BCUT2D eigenvalue weighted by molar-refractivity contribution is -0.00142. The van der Waals surface area contributed by atoms with Gasteiger partial charge in [0.2, 0.25) is 5.09 Å². The van der Waals surface area contributed by atoms with Crippen LogP contribution < -0.4 is 4.72 Å². The highest BCUT2D eigenvalue weighted by Crippen LogP contribution is 2.37. The van der Waals surface area contributed by atoms with Crippen molar-refractivity contribution in [3.05, 3.63) is 46.8 Å². The van der Waals surface area contributed by atoms with Crippen LogP contribution in [0.4, 0.5) is 14.5 Å². The van der Waals surface area contributed by atoms with Gasteiger partial charge in [0.25, 0.3) is 16.4 Å². The molecule has 0 aliphatic carbocycles. The lowest BCUT2D eigenvalue weighted by Gasteiger charge is -2.23. The molecule has 3 aromatic rings. The molecule has 2 aromatic heterocycles. The summed E-state index contributed by atoms with van der Waals surface area (Å²) in [5, 5.41) is -0.0987. The third-order valence-corrected chi connectivity index (χ3v) is 5.74. The van der Waals surface area contributed by atoms with E-state index in [0.29, 0.717) is 19.0 Å². The maximum absolute atomic E-state index is 13.2. The summed E-state index contributed by atoms with van der Waals surface area (Å²) < 4.78 is 64.3. The zero-order valence-corrected chi connectivity index (χ0v) is 14.7. The van der Waals surface area contributed by atoms with Crippen LogP contribution in [-0.4, -0.2) is 26.6 Å². The Morgan fingerprint density at radius 2 is 2.00 bits per heavy atom. The number of halogens is 3. The van der Waals surface area contributed by atoms with Crippen LogP contribution in [0, 0.1) is 0 Å². The summed E-state index contributed by atoms with van der Waals surface area (Å²) in [5.41, 5.74) is -0.00348. The van der Waals surface area contributed by atoms with Gasteiger partial charge in [-0.1, -0.05) is 17.7 Å². The number of hydrogen-bond donors (Lipinski definition) is 2. The number of benzene rings is 1. The van der Waals surface area contributed by atoms with Gasteiger partial charge in [0.15, 0.2) is 0 Å². The van der Waals surface area contributed by atoms with E-state index in [1.54, 1.807) is 6.07 Å². The van der Waals surface area contributed by atoms with Crippen molar-refractivity contribution in [3.8, 4) is 0 Å². The molecule has 1 aliphatic rings. The van der Waals surface area contributed by atoms with E-state index in [4.69, 9.17) is 20.8 Å². The Morgan fingerprint density at radius 1 is 1.23 bits per heavy atom. The van der Waals surface area contributed by atoms with E-state index in [9.17, 15) is 17.2 Å². The van der Waals surface area contributed by atoms with Gasteiger partial charge in [-0.2, -0.15) is 8.42 Å². The summed E-state index contributed by atoms with van der Waals surface area (Å²) in [4.78, 5) is 2.73. The molecule has 1 saturated heterocycles. The van der Waals surface area contributed by atoms with E-state index in [1.165, 1.54) is 18.3 Å². The second-order valence-electron chi connectivity index (χ2n) is 5.89. The molecule has 2 N–H and O–H groups in total. The molecule has 10 heteroatoms. The van der Waals surface area contributed by atoms with E-state index in [-0.39, 0.29) is 38.2 Å². The van der Waals surface area contributed by atoms with Gasteiger partial charge < -0.3 is 14.1 Å². The van der Waals surface area contributed by atoms with Crippen LogP contribution in [0.2, 0.25) is 5.02 Å². The van der Waals surface area contributed by atoms with E-state index >= 15 is 0 Å². The smallest absolute Gasteiger partial charge is 0.295 e. The van der Waals surface area contributed by atoms with Crippen LogP contribution in [0.15, 0.2) is 40.0 Å². The summed E-state index contributed by atoms with van der Waals surface area (Å²) in [5.74, 6) is 0.566. The van der Waals surface area contributed by atoms with Gasteiger partial charge in [0.1, 0.15) is 5.76 Å². The van der Waals surface area contributed by atoms with Crippen LogP contribution in [0.3, 0.4) is 0 Å². The van der Waals surface area contributed by atoms with Crippen molar-refractivity contribution < 1.29 is 26.4 Å². The van der Waals surface area contributed by atoms with Crippen molar-refractivity contribution in [2.75, 3.05) is 17.9 Å². The third-order valence-electron chi connectivity index (χ3n) is 4.21. The Labute approximate surface area is 152 Å². The molecule has 3 heterocycles. The fraction of sp³-hybridized carbons (Fsp3) is 0.250. The quantitative estimate of drug-likeness (QED) is 0.667. The Kier molecular flexibility index (Phi) is 4.17. The number of aromatic amines is 1. The Balaban J connectivity index is 1.70. The predicted molar refractivity (Wildman–Crippen MR) is 91.3 cm³/mol. The SMILES string of the molecule is O=S(=O)(Nc1ccc(C(F)F)c2c(Cl)c[nH]c12)c1ccc(C2COC2)o1. The number of furan rings is 1. The summed E-state index contributed by atoms with van der Waals surface area (Å²) in [6.07, 6.45) is -1.41. The minimum atomic E-state index is -4.03. The first kappa shape index (κ1) is 17.3. The molecule has 4 rings (SSSR count). The van der Waals surface area contributed by atoms with Crippen LogP contribution in [0.5, 0.6) is 0 Å². The molecule has 138 valence electrons. The Morgan fingerprint density at radius 3 is 2.65 bits per heavy atom. The third kappa shape index (κ3) is 2.85. The highest BCUT2D eigenvalue weighted by Gasteiger charge is 2.28. The lowest BCUT2D eigenvalue weighted by atomic mass is 10.1. The molecule has 26 heavy (non-hydrogen) atoms. The van der Waals surface area contributed by atoms with Gasteiger partial charge >= 0.3 is 0 Å². The molecular weight excluding hydrogens is 390 g/mol. The van der Waals surface area contributed by atoms with Crippen LogP contribution in [0.1, 0.15) is 23.7 Å². The first-order valence-corrected chi connectivity index (χ1v) is 9.51. The molecule has 0 spiro atoms. The van der Waals surface area contributed by atoms with Crippen LogP contribution >= 0.6 is 11.6 Å². The van der Waals surface area contributed by atoms with Crippen molar-refractivity contribution in [2.45, 2.75) is 17.4 Å². The second kappa shape index (κ2) is 6.26. The Hall–Kier alpha value is -2.10. The fourth-order valence-electron chi connectivity index (χ4n) is 2.79. The number of ether oxygens (including phenoxy) is 1. The molecule has 0 unspecified atom stereocenters. The van der Waals surface area contributed by atoms with Crippen molar-refractivity contribution >= 4 is 38.2 Å². The summed E-state index contributed by atoms with van der Waals surface area (Å²) in [6, 6.07) is 5.34. The van der Waals surface area contributed by atoms with Crippen molar-refractivity contribution in [1.82, 2.24) is 4.98 Å². The molecule has 0 saturated carbocycles.